The molecule has 1 heterocycles. The van der Waals surface area contributed by atoms with Crippen molar-refractivity contribution in [2.24, 2.45) is 0 Å². The van der Waals surface area contributed by atoms with E-state index in [9.17, 15) is 9.59 Å². The first kappa shape index (κ1) is 15.8. The lowest BCUT2D eigenvalue weighted by atomic mass is 10.2. The maximum absolute atomic E-state index is 11.8. The minimum Gasteiger partial charge on any atom is -0.352 e. The molecule has 0 radical (unpaired) electrons. The van der Waals surface area contributed by atoms with E-state index in [1.807, 2.05) is 24.3 Å². The van der Waals surface area contributed by atoms with Crippen LogP contribution in [0, 0.1) is 0 Å². The number of hydrogen-bond acceptors (Lipinski definition) is 3. The quantitative estimate of drug-likeness (QED) is 0.801. The minimum absolute atomic E-state index is 0.0442. The van der Waals surface area contributed by atoms with Crippen molar-refractivity contribution in [2.75, 3.05) is 32.7 Å². The first-order valence-corrected chi connectivity index (χ1v) is 7.48. The van der Waals surface area contributed by atoms with Crippen LogP contribution in [0.1, 0.15) is 12.0 Å². The van der Waals surface area contributed by atoms with Gasteiger partial charge in [-0.05, 0) is 17.7 Å². The summed E-state index contributed by atoms with van der Waals surface area (Å²) in [5.41, 5.74) is 1.03. The van der Waals surface area contributed by atoms with E-state index in [4.69, 9.17) is 11.6 Å². The molecule has 2 rings (SSSR count). The van der Waals surface area contributed by atoms with Crippen LogP contribution >= 0.6 is 11.6 Å². The molecule has 2 amide bonds. The molecule has 0 saturated carbocycles. The van der Waals surface area contributed by atoms with Crippen LogP contribution in [0.4, 0.5) is 0 Å². The molecule has 1 N–H and O–H groups in total. The Hall–Kier alpha value is -1.59. The highest BCUT2D eigenvalue weighted by atomic mass is 35.5. The molecule has 1 aliphatic rings. The number of benzene rings is 1. The molecule has 0 unspecified atom stereocenters. The van der Waals surface area contributed by atoms with Gasteiger partial charge in [0.05, 0.1) is 0 Å². The predicted molar refractivity (Wildman–Crippen MR) is 82.0 cm³/mol. The normalized spacial score (nSPS) is 15.8. The zero-order valence-corrected chi connectivity index (χ0v) is 12.7. The zero-order chi connectivity index (χ0) is 15.1. The Morgan fingerprint density at radius 2 is 1.86 bits per heavy atom. The van der Waals surface area contributed by atoms with Crippen LogP contribution in [0.3, 0.4) is 0 Å². The molecular formula is C15H20ClN3O2. The third kappa shape index (κ3) is 5.36. The maximum atomic E-state index is 11.8. The van der Waals surface area contributed by atoms with Crippen LogP contribution in [0.5, 0.6) is 0 Å². The molecule has 114 valence electrons. The van der Waals surface area contributed by atoms with Gasteiger partial charge in [-0.15, -0.1) is 0 Å². The van der Waals surface area contributed by atoms with Crippen molar-refractivity contribution in [1.82, 2.24) is 15.1 Å². The van der Waals surface area contributed by atoms with Crippen LogP contribution in [-0.4, -0.2) is 54.8 Å². The molecule has 5 nitrogen and oxygen atoms in total. The van der Waals surface area contributed by atoms with Crippen LogP contribution in [-0.2, 0) is 16.1 Å². The third-order valence-electron chi connectivity index (χ3n) is 3.61. The maximum Gasteiger partial charge on any atom is 0.221 e. The second-order valence-corrected chi connectivity index (χ2v) is 5.57. The molecule has 1 saturated heterocycles. The Morgan fingerprint density at radius 1 is 1.19 bits per heavy atom. The van der Waals surface area contributed by atoms with Gasteiger partial charge in [-0.25, -0.2) is 0 Å². The Labute approximate surface area is 129 Å². The molecule has 0 bridgehead atoms. The van der Waals surface area contributed by atoms with Crippen molar-refractivity contribution < 1.29 is 9.59 Å². The van der Waals surface area contributed by atoms with Gasteiger partial charge in [0.25, 0.3) is 0 Å². The summed E-state index contributed by atoms with van der Waals surface area (Å²) < 4.78 is 0. The number of nitrogens with zero attached hydrogens (tertiary/aromatic N) is 2. The van der Waals surface area contributed by atoms with Gasteiger partial charge in [0.15, 0.2) is 0 Å². The van der Waals surface area contributed by atoms with Gasteiger partial charge >= 0.3 is 0 Å². The number of nitrogens with one attached hydrogen (secondary N) is 1. The topological polar surface area (TPSA) is 52.7 Å². The summed E-state index contributed by atoms with van der Waals surface area (Å²) in [6.07, 6.45) is 1.37. The Kier molecular flexibility index (Phi) is 6.02. The van der Waals surface area contributed by atoms with E-state index in [0.29, 0.717) is 18.0 Å². The number of carbonyl (C=O) groups excluding carboxylic acids is 2. The van der Waals surface area contributed by atoms with E-state index >= 15 is 0 Å². The molecule has 0 atom stereocenters. The summed E-state index contributed by atoms with van der Waals surface area (Å²) in [6, 6.07) is 7.44. The standard InChI is InChI=1S/C15H20ClN3O2/c16-14-3-1-13(2-4-14)11-17-15(21)5-6-18-7-9-19(12-20)10-8-18/h1-4,12H,5-11H2,(H,17,21). The second kappa shape index (κ2) is 8.00. The zero-order valence-electron chi connectivity index (χ0n) is 11.9. The monoisotopic (exact) mass is 309 g/mol. The Bertz CT molecular complexity index is 470. The largest absolute Gasteiger partial charge is 0.352 e. The van der Waals surface area contributed by atoms with Crippen LogP contribution in [0.15, 0.2) is 24.3 Å². The van der Waals surface area contributed by atoms with Gasteiger partial charge in [0, 0.05) is 50.7 Å². The summed E-state index contributed by atoms with van der Waals surface area (Å²) in [5, 5.41) is 3.60. The lowest BCUT2D eigenvalue weighted by Gasteiger charge is -2.32. The highest BCUT2D eigenvalue weighted by Gasteiger charge is 2.15. The van der Waals surface area contributed by atoms with Crippen molar-refractivity contribution in [1.29, 1.82) is 0 Å². The lowest BCUT2D eigenvalue weighted by molar-refractivity contribution is -0.123. The van der Waals surface area contributed by atoms with Gasteiger partial charge < -0.3 is 10.2 Å². The highest BCUT2D eigenvalue weighted by molar-refractivity contribution is 6.30. The molecule has 1 aromatic carbocycles. The molecule has 0 aliphatic carbocycles. The average Bonchev–Trinajstić information content (AvgIpc) is 2.53. The minimum atomic E-state index is 0.0442. The lowest BCUT2D eigenvalue weighted by Crippen LogP contribution is -2.46. The molecule has 1 fully saturated rings. The molecule has 21 heavy (non-hydrogen) atoms. The summed E-state index contributed by atoms with van der Waals surface area (Å²) in [7, 11) is 0. The smallest absolute Gasteiger partial charge is 0.221 e. The molecule has 1 aromatic rings. The number of carbonyl (C=O) groups is 2. The van der Waals surface area contributed by atoms with E-state index in [2.05, 4.69) is 10.2 Å². The van der Waals surface area contributed by atoms with Crippen LogP contribution < -0.4 is 5.32 Å². The van der Waals surface area contributed by atoms with Gasteiger partial charge in [-0.3, -0.25) is 14.5 Å². The van der Waals surface area contributed by atoms with Crippen LogP contribution in [0.25, 0.3) is 0 Å². The molecule has 0 aromatic heterocycles. The fourth-order valence-corrected chi connectivity index (χ4v) is 2.37. The fraction of sp³-hybridized carbons (Fsp3) is 0.467. The highest BCUT2D eigenvalue weighted by Crippen LogP contribution is 2.09. The van der Waals surface area contributed by atoms with Crippen molar-refractivity contribution in [3.05, 3.63) is 34.9 Å². The van der Waals surface area contributed by atoms with Crippen molar-refractivity contribution in [3.63, 3.8) is 0 Å². The van der Waals surface area contributed by atoms with E-state index < -0.39 is 0 Å². The number of halogens is 1. The Morgan fingerprint density at radius 3 is 2.48 bits per heavy atom. The van der Waals surface area contributed by atoms with E-state index in [-0.39, 0.29) is 5.91 Å². The number of amides is 2. The predicted octanol–water partition coefficient (Wildman–Crippen LogP) is 1.12. The third-order valence-corrected chi connectivity index (χ3v) is 3.87. The Balaban J connectivity index is 1.63. The first-order valence-electron chi connectivity index (χ1n) is 7.10. The molecule has 1 aliphatic heterocycles. The van der Waals surface area contributed by atoms with E-state index in [1.54, 1.807) is 4.90 Å². The van der Waals surface area contributed by atoms with Gasteiger partial charge in [-0.1, -0.05) is 23.7 Å². The molecule has 6 heteroatoms. The number of hydrogen-bond donors (Lipinski definition) is 1. The summed E-state index contributed by atoms with van der Waals surface area (Å²) in [5.74, 6) is 0.0442. The second-order valence-electron chi connectivity index (χ2n) is 5.14. The van der Waals surface area contributed by atoms with Crippen molar-refractivity contribution in [3.8, 4) is 0 Å². The van der Waals surface area contributed by atoms with E-state index in [0.717, 1.165) is 44.7 Å². The number of rotatable bonds is 6. The van der Waals surface area contributed by atoms with Crippen molar-refractivity contribution >= 4 is 23.9 Å². The summed E-state index contributed by atoms with van der Waals surface area (Å²) >= 11 is 5.81. The number of piperazine rings is 1. The fourth-order valence-electron chi connectivity index (χ4n) is 2.24. The molecular weight excluding hydrogens is 290 g/mol. The average molecular weight is 310 g/mol. The van der Waals surface area contributed by atoms with Gasteiger partial charge in [0.1, 0.15) is 0 Å². The van der Waals surface area contributed by atoms with Crippen molar-refractivity contribution in [2.45, 2.75) is 13.0 Å². The van der Waals surface area contributed by atoms with E-state index in [1.165, 1.54) is 0 Å². The van der Waals surface area contributed by atoms with Crippen LogP contribution in [0.2, 0.25) is 5.02 Å². The summed E-state index contributed by atoms with van der Waals surface area (Å²) in [4.78, 5) is 26.4. The van der Waals surface area contributed by atoms with Gasteiger partial charge in [-0.2, -0.15) is 0 Å². The summed E-state index contributed by atoms with van der Waals surface area (Å²) in [6.45, 7) is 4.42. The molecule has 0 spiro atoms. The first-order chi connectivity index (χ1) is 10.2. The SMILES string of the molecule is O=CN1CCN(CCC(=O)NCc2ccc(Cl)cc2)CC1. The van der Waals surface area contributed by atoms with Gasteiger partial charge in [0.2, 0.25) is 12.3 Å².